The summed E-state index contributed by atoms with van der Waals surface area (Å²) in [5, 5.41) is 22.7. The Labute approximate surface area is 134 Å². The summed E-state index contributed by atoms with van der Waals surface area (Å²) >= 11 is 0. The predicted octanol–water partition coefficient (Wildman–Crippen LogP) is 4.45. The Kier molecular flexibility index (Phi) is 5.28. The minimum atomic E-state index is -0.981. The van der Waals surface area contributed by atoms with E-state index in [2.05, 4.69) is 67.2 Å². The van der Waals surface area contributed by atoms with Crippen LogP contribution in [0.1, 0.15) is 0 Å². The van der Waals surface area contributed by atoms with E-state index in [9.17, 15) is 4.79 Å². The van der Waals surface area contributed by atoms with Gasteiger partial charge in [0.15, 0.2) is 0 Å². The number of aliphatic hydroxyl groups excluding tert-OH is 1. The van der Waals surface area contributed by atoms with E-state index in [0.717, 1.165) is 13.2 Å². The van der Waals surface area contributed by atoms with Crippen molar-refractivity contribution in [1.29, 1.82) is 0 Å². The molecule has 0 saturated heterocycles. The first kappa shape index (κ1) is 16.5. The summed E-state index contributed by atoms with van der Waals surface area (Å²) in [6.07, 6.45) is 0.833. The Balaban J connectivity index is 0.000000239. The Hall–Kier alpha value is -2.91. The molecule has 4 aromatic carbocycles. The maximum absolute atomic E-state index is 9.25. The van der Waals surface area contributed by atoms with Crippen LogP contribution in [0.25, 0.3) is 32.3 Å². The molecular formula is C20H18O3. The molecule has 3 heteroatoms. The topological polar surface area (TPSA) is 57.5 Å². The molecule has 3 nitrogen and oxygen atoms in total. The lowest BCUT2D eigenvalue weighted by atomic mass is 9.95. The molecule has 0 spiro atoms. The number of benzene rings is 4. The summed E-state index contributed by atoms with van der Waals surface area (Å²) in [4.78, 5) is 9.25. The zero-order valence-electron chi connectivity index (χ0n) is 12.9. The molecule has 0 aliphatic rings. The van der Waals surface area contributed by atoms with Crippen molar-refractivity contribution in [3.05, 3.63) is 73.3 Å². The molecule has 0 fully saturated rings. The van der Waals surface area contributed by atoms with Crippen LogP contribution in [0.3, 0.4) is 0 Å². The fraction of sp³-hybridized carbons (Fsp3) is 0.0500. The van der Waals surface area contributed by atoms with Gasteiger partial charge in [-0.15, -0.1) is 0 Å². The van der Waals surface area contributed by atoms with Crippen LogP contribution in [0.15, 0.2) is 73.3 Å². The van der Waals surface area contributed by atoms with E-state index in [-0.39, 0.29) is 0 Å². The Bertz CT molecular complexity index is 811. The molecule has 0 amide bonds. The third-order valence-corrected chi connectivity index (χ3v) is 3.57. The van der Waals surface area contributed by atoms with Crippen LogP contribution >= 0.6 is 0 Å². The van der Waals surface area contributed by atoms with Gasteiger partial charge in [-0.25, -0.2) is 4.79 Å². The molecule has 0 aliphatic heterocycles. The van der Waals surface area contributed by atoms with Gasteiger partial charge in [0.2, 0.25) is 0 Å². The van der Waals surface area contributed by atoms with Crippen molar-refractivity contribution in [3.8, 4) is 0 Å². The zero-order valence-corrected chi connectivity index (χ0v) is 12.9. The van der Waals surface area contributed by atoms with Crippen molar-refractivity contribution in [2.24, 2.45) is 0 Å². The van der Waals surface area contributed by atoms with Crippen molar-refractivity contribution in [2.75, 3.05) is 7.11 Å². The van der Waals surface area contributed by atoms with Crippen LogP contribution < -0.4 is 0 Å². The maximum atomic E-state index is 9.25. The van der Waals surface area contributed by atoms with Crippen molar-refractivity contribution in [3.63, 3.8) is 0 Å². The molecule has 0 aromatic heterocycles. The van der Waals surface area contributed by atoms with Gasteiger partial charge in [-0.3, -0.25) is 0 Å². The molecule has 0 heterocycles. The molecule has 116 valence electrons. The van der Waals surface area contributed by atoms with Crippen LogP contribution in [0.2, 0.25) is 0 Å². The molecule has 4 aromatic rings. The quantitative estimate of drug-likeness (QED) is 0.403. The minimum Gasteiger partial charge on any atom is -0.478 e. The van der Waals surface area contributed by atoms with E-state index >= 15 is 0 Å². The normalized spacial score (nSPS) is 9.83. The molecule has 0 bridgehead atoms. The largest absolute Gasteiger partial charge is 0.478 e. The van der Waals surface area contributed by atoms with Crippen LogP contribution in [0, 0.1) is 0 Å². The second-order valence-corrected chi connectivity index (χ2v) is 4.83. The highest BCUT2D eigenvalue weighted by Crippen LogP contribution is 2.33. The number of aliphatic hydroxyl groups is 1. The molecule has 0 aliphatic carbocycles. The number of carboxylic acid groups (broad SMARTS) is 1. The van der Waals surface area contributed by atoms with Crippen LogP contribution in [0.4, 0.5) is 0 Å². The van der Waals surface area contributed by atoms with Crippen LogP contribution in [-0.4, -0.2) is 23.3 Å². The highest BCUT2D eigenvalue weighted by molar-refractivity contribution is 6.22. The monoisotopic (exact) mass is 306 g/mol. The molecule has 0 unspecified atom stereocenters. The fourth-order valence-electron chi connectivity index (χ4n) is 2.67. The third kappa shape index (κ3) is 3.30. The van der Waals surface area contributed by atoms with Gasteiger partial charge in [-0.05, 0) is 32.3 Å². The second kappa shape index (κ2) is 7.38. The summed E-state index contributed by atoms with van der Waals surface area (Å²) in [5.41, 5.74) is 0. The molecule has 0 atom stereocenters. The maximum Gasteiger partial charge on any atom is 0.327 e. The van der Waals surface area contributed by atoms with Crippen molar-refractivity contribution in [1.82, 2.24) is 0 Å². The highest BCUT2D eigenvalue weighted by Gasteiger charge is 2.05. The van der Waals surface area contributed by atoms with Gasteiger partial charge in [0.05, 0.1) is 0 Å². The van der Waals surface area contributed by atoms with E-state index in [4.69, 9.17) is 10.2 Å². The second-order valence-electron chi connectivity index (χ2n) is 4.83. The standard InChI is InChI=1S/C16H10.C3H4O2.CH4O/c1-3-11-7-9-13-5-2-6-14-10-8-12(4-1)15(11)16(13)14;1-2-3(4)5;1-2/h1-10H;2H,1H2,(H,4,5);2H,1H3. The van der Waals surface area contributed by atoms with Gasteiger partial charge in [-0.2, -0.15) is 0 Å². The molecule has 4 rings (SSSR count). The van der Waals surface area contributed by atoms with Crippen LogP contribution in [0.5, 0.6) is 0 Å². The summed E-state index contributed by atoms with van der Waals surface area (Å²) < 4.78 is 0. The Morgan fingerprint density at radius 1 is 0.783 bits per heavy atom. The molecule has 0 saturated carbocycles. The number of aliphatic carboxylic acids is 1. The van der Waals surface area contributed by atoms with E-state index in [1.54, 1.807) is 0 Å². The third-order valence-electron chi connectivity index (χ3n) is 3.57. The summed E-state index contributed by atoms with van der Waals surface area (Å²) in [7, 11) is 1.00. The first-order chi connectivity index (χ1) is 11.2. The first-order valence-electron chi connectivity index (χ1n) is 7.13. The highest BCUT2D eigenvalue weighted by atomic mass is 16.4. The van der Waals surface area contributed by atoms with E-state index < -0.39 is 5.97 Å². The van der Waals surface area contributed by atoms with Gasteiger partial charge >= 0.3 is 5.97 Å². The number of hydrogen-bond donors (Lipinski definition) is 2. The lowest BCUT2D eigenvalue weighted by molar-refractivity contribution is -0.131. The van der Waals surface area contributed by atoms with E-state index in [1.807, 2.05) is 0 Å². The first-order valence-corrected chi connectivity index (χ1v) is 7.13. The smallest absolute Gasteiger partial charge is 0.327 e. The lowest BCUT2D eigenvalue weighted by Gasteiger charge is -2.09. The summed E-state index contributed by atoms with van der Waals surface area (Å²) in [5.74, 6) is -0.981. The number of rotatable bonds is 1. The molecular weight excluding hydrogens is 288 g/mol. The Morgan fingerprint density at radius 2 is 1.04 bits per heavy atom. The molecule has 0 radical (unpaired) electrons. The number of carboxylic acids is 1. The Morgan fingerprint density at radius 3 is 1.26 bits per heavy atom. The van der Waals surface area contributed by atoms with Gasteiger partial charge in [0.25, 0.3) is 0 Å². The van der Waals surface area contributed by atoms with Crippen molar-refractivity contribution in [2.45, 2.75) is 0 Å². The average molecular weight is 306 g/mol. The van der Waals surface area contributed by atoms with Crippen molar-refractivity contribution < 1.29 is 15.0 Å². The van der Waals surface area contributed by atoms with Gasteiger partial charge in [0.1, 0.15) is 0 Å². The van der Waals surface area contributed by atoms with E-state index in [0.29, 0.717) is 0 Å². The number of carbonyl (C=O) groups is 1. The fourth-order valence-corrected chi connectivity index (χ4v) is 2.67. The lowest BCUT2D eigenvalue weighted by Crippen LogP contribution is -1.82. The van der Waals surface area contributed by atoms with Crippen molar-refractivity contribution >= 4 is 38.3 Å². The average Bonchev–Trinajstić information content (AvgIpc) is 2.62. The summed E-state index contributed by atoms with van der Waals surface area (Å²) in [6.45, 7) is 2.96. The van der Waals surface area contributed by atoms with Gasteiger partial charge < -0.3 is 10.2 Å². The number of hydrogen-bond acceptors (Lipinski definition) is 2. The van der Waals surface area contributed by atoms with E-state index in [1.165, 1.54) is 32.3 Å². The molecule has 2 N–H and O–H groups in total. The van der Waals surface area contributed by atoms with Gasteiger partial charge in [0, 0.05) is 13.2 Å². The summed E-state index contributed by atoms with van der Waals surface area (Å²) in [6, 6.07) is 21.9. The zero-order chi connectivity index (χ0) is 16.8. The SMILES string of the molecule is C=CC(=O)O.CO.c1cc2ccc3cccc4ccc(c1)c2c34. The minimum absolute atomic E-state index is 0.833. The predicted molar refractivity (Wildman–Crippen MR) is 96.1 cm³/mol. The molecule has 23 heavy (non-hydrogen) atoms. The van der Waals surface area contributed by atoms with Crippen LogP contribution in [-0.2, 0) is 4.79 Å². The van der Waals surface area contributed by atoms with Gasteiger partial charge in [-0.1, -0.05) is 67.2 Å².